The Morgan fingerprint density at radius 3 is 2.56 bits per heavy atom. The topological polar surface area (TPSA) is 75.7 Å². The van der Waals surface area contributed by atoms with E-state index in [-0.39, 0.29) is 13.0 Å². The number of carbonyl (C=O) groups excluding carboxylic acids is 1. The van der Waals surface area contributed by atoms with Crippen molar-refractivity contribution in [2.45, 2.75) is 26.2 Å². The normalized spacial score (nSPS) is 11.8. The van der Waals surface area contributed by atoms with E-state index in [4.69, 9.17) is 0 Å². The maximum Gasteiger partial charge on any atom is 0.306 e. The zero-order chi connectivity index (χ0) is 12.6. The van der Waals surface area contributed by atoms with Crippen LogP contribution >= 0.6 is 0 Å². The predicted molar refractivity (Wildman–Crippen MR) is 61.1 cm³/mol. The molecule has 6 nitrogen and oxygen atoms in total. The lowest BCUT2D eigenvalue weighted by atomic mass is 10.3. The van der Waals surface area contributed by atoms with Crippen molar-refractivity contribution in [2.75, 3.05) is 27.2 Å². The number of hydrogen-bond acceptors (Lipinski definition) is 4. The van der Waals surface area contributed by atoms with Gasteiger partial charge in [-0.3, -0.25) is 4.79 Å². The van der Waals surface area contributed by atoms with Crippen LogP contribution in [0.25, 0.3) is 0 Å². The third kappa shape index (κ3) is 6.04. The Morgan fingerprint density at radius 2 is 2.06 bits per heavy atom. The van der Waals surface area contributed by atoms with Crippen LogP contribution in [0.3, 0.4) is 0 Å². The van der Waals surface area contributed by atoms with Gasteiger partial charge in [-0.05, 0) is 6.42 Å². The van der Waals surface area contributed by atoms with Crippen LogP contribution < -0.4 is 4.72 Å². The van der Waals surface area contributed by atoms with Crippen molar-refractivity contribution in [1.82, 2.24) is 9.03 Å². The minimum atomic E-state index is -3.46. The molecule has 7 heteroatoms. The first kappa shape index (κ1) is 15.3. The summed E-state index contributed by atoms with van der Waals surface area (Å²) >= 11 is 0. The first-order chi connectivity index (χ1) is 7.44. The first-order valence-electron chi connectivity index (χ1n) is 5.21. The van der Waals surface area contributed by atoms with Crippen LogP contribution in [-0.2, 0) is 19.7 Å². The number of unbranched alkanes of at least 4 members (excludes halogenated alkanes) is 1. The fraction of sp³-hybridized carbons (Fsp3) is 0.889. The highest BCUT2D eigenvalue weighted by atomic mass is 32.2. The van der Waals surface area contributed by atoms with E-state index in [0.717, 1.165) is 17.1 Å². The summed E-state index contributed by atoms with van der Waals surface area (Å²) in [7, 11) is -0.759. The quantitative estimate of drug-likeness (QED) is 0.491. The number of nitrogens with zero attached hydrogens (tertiary/aromatic N) is 1. The molecule has 0 aromatic carbocycles. The maximum absolute atomic E-state index is 11.6. The van der Waals surface area contributed by atoms with Gasteiger partial charge in [-0.15, -0.1) is 0 Å². The van der Waals surface area contributed by atoms with Gasteiger partial charge in [-0.1, -0.05) is 13.3 Å². The summed E-state index contributed by atoms with van der Waals surface area (Å²) in [4.78, 5) is 10.8. The Hall–Kier alpha value is -0.660. The predicted octanol–water partition coefficient (Wildman–Crippen LogP) is 0.116. The number of esters is 1. The molecule has 0 aromatic heterocycles. The SMILES string of the molecule is CCCCNS(=O)(=O)N(C)CCC(=O)OC. The summed E-state index contributed by atoms with van der Waals surface area (Å²) in [6.45, 7) is 2.52. The molecule has 0 saturated carbocycles. The molecule has 0 radical (unpaired) electrons. The van der Waals surface area contributed by atoms with Crippen LogP contribution in [0, 0.1) is 0 Å². The number of hydrogen-bond donors (Lipinski definition) is 1. The second-order valence-electron chi connectivity index (χ2n) is 3.40. The monoisotopic (exact) mass is 252 g/mol. The van der Waals surface area contributed by atoms with E-state index in [2.05, 4.69) is 9.46 Å². The summed E-state index contributed by atoms with van der Waals surface area (Å²) in [6, 6.07) is 0. The van der Waals surface area contributed by atoms with Gasteiger partial charge in [0.1, 0.15) is 0 Å². The summed E-state index contributed by atoms with van der Waals surface area (Å²) < 4.78 is 31.1. The summed E-state index contributed by atoms with van der Waals surface area (Å²) in [5, 5.41) is 0. The fourth-order valence-electron chi connectivity index (χ4n) is 0.959. The van der Waals surface area contributed by atoms with E-state index < -0.39 is 16.2 Å². The lowest BCUT2D eigenvalue weighted by Crippen LogP contribution is -2.39. The average molecular weight is 252 g/mol. The van der Waals surface area contributed by atoms with E-state index in [9.17, 15) is 13.2 Å². The van der Waals surface area contributed by atoms with Gasteiger partial charge >= 0.3 is 5.97 Å². The van der Waals surface area contributed by atoms with Crippen molar-refractivity contribution >= 4 is 16.2 Å². The minimum absolute atomic E-state index is 0.0572. The summed E-state index contributed by atoms with van der Waals surface area (Å²) in [6.07, 6.45) is 1.78. The molecule has 16 heavy (non-hydrogen) atoms. The van der Waals surface area contributed by atoms with E-state index >= 15 is 0 Å². The number of rotatable bonds is 8. The van der Waals surface area contributed by atoms with Crippen molar-refractivity contribution in [3.05, 3.63) is 0 Å². The smallest absolute Gasteiger partial charge is 0.306 e. The van der Waals surface area contributed by atoms with Crippen LogP contribution in [0.5, 0.6) is 0 Å². The van der Waals surface area contributed by atoms with Crippen LogP contribution in [0.1, 0.15) is 26.2 Å². The molecule has 0 aliphatic heterocycles. The number of nitrogens with one attached hydrogen (secondary N) is 1. The van der Waals surface area contributed by atoms with Crippen LogP contribution in [0.15, 0.2) is 0 Å². The maximum atomic E-state index is 11.6. The van der Waals surface area contributed by atoms with Crippen molar-refractivity contribution in [1.29, 1.82) is 0 Å². The fourth-order valence-corrected chi connectivity index (χ4v) is 1.91. The lowest BCUT2D eigenvalue weighted by Gasteiger charge is -2.16. The van der Waals surface area contributed by atoms with E-state index in [1.165, 1.54) is 14.2 Å². The Labute approximate surface area is 97.1 Å². The van der Waals surface area contributed by atoms with Gasteiger partial charge in [0.2, 0.25) is 0 Å². The van der Waals surface area contributed by atoms with Gasteiger partial charge in [0, 0.05) is 20.1 Å². The Balaban J connectivity index is 4.04. The van der Waals surface area contributed by atoms with Crippen molar-refractivity contribution in [3.63, 3.8) is 0 Å². The van der Waals surface area contributed by atoms with Gasteiger partial charge in [-0.25, -0.2) is 4.72 Å². The second-order valence-corrected chi connectivity index (χ2v) is 5.26. The van der Waals surface area contributed by atoms with E-state index in [0.29, 0.717) is 6.54 Å². The zero-order valence-corrected chi connectivity index (χ0v) is 10.8. The highest BCUT2D eigenvalue weighted by Crippen LogP contribution is 1.97. The first-order valence-corrected chi connectivity index (χ1v) is 6.65. The van der Waals surface area contributed by atoms with Gasteiger partial charge in [0.25, 0.3) is 10.2 Å². The number of ether oxygens (including phenoxy) is 1. The minimum Gasteiger partial charge on any atom is -0.469 e. The van der Waals surface area contributed by atoms with Crippen LogP contribution in [0.2, 0.25) is 0 Å². The standard InChI is InChI=1S/C9H20N2O4S/c1-4-5-7-10-16(13,14)11(2)8-6-9(12)15-3/h10H,4-8H2,1-3H3. The summed E-state index contributed by atoms with van der Waals surface area (Å²) in [5.41, 5.74) is 0. The second kappa shape index (κ2) is 7.59. The van der Waals surface area contributed by atoms with Gasteiger partial charge in [0.05, 0.1) is 13.5 Å². The molecule has 0 aliphatic rings. The third-order valence-electron chi connectivity index (χ3n) is 2.08. The van der Waals surface area contributed by atoms with Crippen LogP contribution in [-0.4, -0.2) is 45.9 Å². The molecule has 0 spiro atoms. The van der Waals surface area contributed by atoms with Gasteiger partial charge in [-0.2, -0.15) is 12.7 Å². The Morgan fingerprint density at radius 1 is 1.44 bits per heavy atom. The molecule has 0 aliphatic carbocycles. The molecule has 0 fully saturated rings. The molecule has 0 atom stereocenters. The van der Waals surface area contributed by atoms with E-state index in [1.54, 1.807) is 0 Å². The van der Waals surface area contributed by atoms with E-state index in [1.807, 2.05) is 6.92 Å². The molecule has 0 rings (SSSR count). The van der Waals surface area contributed by atoms with Crippen molar-refractivity contribution in [2.24, 2.45) is 0 Å². The van der Waals surface area contributed by atoms with Crippen LogP contribution in [0.4, 0.5) is 0 Å². The molecule has 0 unspecified atom stereocenters. The average Bonchev–Trinajstić information content (AvgIpc) is 2.25. The molecule has 1 N–H and O–H groups in total. The molecular formula is C9H20N2O4S. The number of methoxy groups -OCH3 is 1. The van der Waals surface area contributed by atoms with Gasteiger partial charge < -0.3 is 4.74 Å². The Bertz CT molecular complexity index is 303. The molecule has 0 saturated heterocycles. The molecular weight excluding hydrogens is 232 g/mol. The molecule has 0 heterocycles. The molecule has 0 bridgehead atoms. The third-order valence-corrected chi connectivity index (χ3v) is 3.66. The largest absolute Gasteiger partial charge is 0.469 e. The molecule has 0 aromatic rings. The van der Waals surface area contributed by atoms with Crippen molar-refractivity contribution < 1.29 is 17.9 Å². The van der Waals surface area contributed by atoms with Crippen molar-refractivity contribution in [3.8, 4) is 0 Å². The Kier molecular flexibility index (Phi) is 7.27. The van der Waals surface area contributed by atoms with Gasteiger partial charge in [0.15, 0.2) is 0 Å². The molecule has 96 valence electrons. The zero-order valence-electron chi connectivity index (χ0n) is 10.0. The molecule has 0 amide bonds. The summed E-state index contributed by atoms with van der Waals surface area (Å²) in [5.74, 6) is -0.421. The number of carbonyl (C=O) groups is 1. The highest BCUT2D eigenvalue weighted by Gasteiger charge is 2.17. The lowest BCUT2D eigenvalue weighted by molar-refractivity contribution is -0.140. The highest BCUT2D eigenvalue weighted by molar-refractivity contribution is 7.87.